The molecule has 0 bridgehead atoms. The first-order valence-electron chi connectivity index (χ1n) is 6.76. The molecule has 1 aromatic carbocycles. The number of anilines is 1. The average molecular weight is 272 g/mol. The lowest BCUT2D eigenvalue weighted by Crippen LogP contribution is -2.30. The minimum Gasteiger partial charge on any atom is -0.472 e. The van der Waals surface area contributed by atoms with E-state index in [4.69, 9.17) is 4.42 Å². The molecule has 1 unspecified atom stereocenters. The minimum atomic E-state index is -0.0559. The molecule has 0 fully saturated rings. The Balaban J connectivity index is 2.08. The maximum absolute atomic E-state index is 12.0. The molecule has 0 radical (unpaired) electrons. The monoisotopic (exact) mass is 272 g/mol. The van der Waals surface area contributed by atoms with Gasteiger partial charge in [0.1, 0.15) is 0 Å². The second-order valence-electron chi connectivity index (χ2n) is 5.13. The molecule has 0 saturated carbocycles. The smallest absolute Gasteiger partial charge is 0.251 e. The molecule has 2 rings (SSSR count). The number of carbonyl (C=O) groups is 1. The zero-order valence-corrected chi connectivity index (χ0v) is 12.0. The molecule has 0 saturated heterocycles. The van der Waals surface area contributed by atoms with E-state index in [1.165, 1.54) is 0 Å². The van der Waals surface area contributed by atoms with E-state index < -0.39 is 0 Å². The van der Waals surface area contributed by atoms with Crippen LogP contribution >= 0.6 is 0 Å². The van der Waals surface area contributed by atoms with Crippen LogP contribution in [0.4, 0.5) is 5.69 Å². The summed E-state index contributed by atoms with van der Waals surface area (Å²) in [6, 6.07) is 9.66. The quantitative estimate of drug-likeness (QED) is 0.874. The summed E-state index contributed by atoms with van der Waals surface area (Å²) in [6.07, 6.45) is 3.37. The van der Waals surface area contributed by atoms with E-state index in [-0.39, 0.29) is 18.0 Å². The molecule has 2 aromatic rings. The Bertz CT molecular complexity index is 562. The molecule has 0 aliphatic heterocycles. The molecule has 0 aliphatic carbocycles. The van der Waals surface area contributed by atoms with Crippen molar-refractivity contribution < 1.29 is 9.21 Å². The van der Waals surface area contributed by atoms with E-state index >= 15 is 0 Å². The van der Waals surface area contributed by atoms with E-state index in [0.717, 1.165) is 11.3 Å². The lowest BCUT2D eigenvalue weighted by atomic mass is 10.1. The number of hydrogen-bond donors (Lipinski definition) is 2. The summed E-state index contributed by atoms with van der Waals surface area (Å²) in [5, 5.41) is 6.24. The largest absolute Gasteiger partial charge is 0.472 e. The molecule has 4 heteroatoms. The molecular formula is C16H20N2O2. The highest BCUT2D eigenvalue weighted by Gasteiger charge is 2.10. The molecule has 1 heterocycles. The number of benzene rings is 1. The molecule has 0 spiro atoms. The highest BCUT2D eigenvalue weighted by atomic mass is 16.3. The summed E-state index contributed by atoms with van der Waals surface area (Å²) in [6.45, 7) is 5.94. The number of hydrogen-bond acceptors (Lipinski definition) is 3. The highest BCUT2D eigenvalue weighted by molar-refractivity contribution is 5.95. The van der Waals surface area contributed by atoms with E-state index in [0.29, 0.717) is 5.56 Å². The predicted octanol–water partition coefficient (Wildman–Crippen LogP) is 3.59. The predicted molar refractivity (Wildman–Crippen MR) is 79.8 cm³/mol. The maximum atomic E-state index is 12.0. The fraction of sp³-hybridized carbons (Fsp3) is 0.312. The van der Waals surface area contributed by atoms with Crippen LogP contribution in [-0.4, -0.2) is 11.9 Å². The van der Waals surface area contributed by atoms with Crippen LogP contribution in [0.5, 0.6) is 0 Å². The lowest BCUT2D eigenvalue weighted by molar-refractivity contribution is 0.0943. The highest BCUT2D eigenvalue weighted by Crippen LogP contribution is 2.20. The number of furan rings is 1. The van der Waals surface area contributed by atoms with Gasteiger partial charge in [0.05, 0.1) is 18.6 Å². The molecule has 1 atom stereocenters. The van der Waals surface area contributed by atoms with Crippen molar-refractivity contribution in [1.82, 2.24) is 5.32 Å². The van der Waals surface area contributed by atoms with Gasteiger partial charge in [-0.05, 0) is 45.0 Å². The molecule has 1 amide bonds. The second-order valence-corrected chi connectivity index (χ2v) is 5.13. The Morgan fingerprint density at radius 2 is 2.00 bits per heavy atom. The van der Waals surface area contributed by atoms with Crippen LogP contribution in [0.1, 0.15) is 42.7 Å². The van der Waals surface area contributed by atoms with Crippen LogP contribution in [0.15, 0.2) is 47.3 Å². The van der Waals surface area contributed by atoms with Gasteiger partial charge in [0.2, 0.25) is 0 Å². The normalized spacial score (nSPS) is 12.2. The molecular weight excluding hydrogens is 252 g/mol. The summed E-state index contributed by atoms with van der Waals surface area (Å²) < 4.78 is 5.07. The number of amides is 1. The van der Waals surface area contributed by atoms with E-state index in [1.54, 1.807) is 12.5 Å². The first-order chi connectivity index (χ1) is 9.56. The van der Waals surface area contributed by atoms with Crippen molar-refractivity contribution in [1.29, 1.82) is 0 Å². The van der Waals surface area contributed by atoms with Crippen molar-refractivity contribution in [3.8, 4) is 0 Å². The van der Waals surface area contributed by atoms with Crippen LogP contribution in [0, 0.1) is 0 Å². The Labute approximate surface area is 119 Å². The molecule has 0 aliphatic rings. The second kappa shape index (κ2) is 6.28. The fourth-order valence-electron chi connectivity index (χ4n) is 1.95. The SMILES string of the molecule is CC(C)NC(=O)c1cccc(NC(C)c2ccoc2)c1. The van der Waals surface area contributed by atoms with Crippen molar-refractivity contribution >= 4 is 11.6 Å². The van der Waals surface area contributed by atoms with E-state index in [2.05, 4.69) is 10.6 Å². The van der Waals surface area contributed by atoms with Gasteiger partial charge >= 0.3 is 0 Å². The van der Waals surface area contributed by atoms with Crippen molar-refractivity contribution in [3.63, 3.8) is 0 Å². The molecule has 20 heavy (non-hydrogen) atoms. The van der Waals surface area contributed by atoms with Gasteiger partial charge in [0.15, 0.2) is 0 Å². The maximum Gasteiger partial charge on any atom is 0.251 e. The van der Waals surface area contributed by atoms with Crippen molar-refractivity contribution in [2.45, 2.75) is 32.9 Å². The van der Waals surface area contributed by atoms with Gasteiger partial charge in [-0.2, -0.15) is 0 Å². The summed E-state index contributed by atoms with van der Waals surface area (Å²) in [5.41, 5.74) is 2.64. The summed E-state index contributed by atoms with van der Waals surface area (Å²) in [5.74, 6) is -0.0559. The summed E-state index contributed by atoms with van der Waals surface area (Å²) in [7, 11) is 0. The third-order valence-electron chi connectivity index (χ3n) is 2.97. The zero-order valence-electron chi connectivity index (χ0n) is 12.0. The van der Waals surface area contributed by atoms with Crippen LogP contribution in [0.2, 0.25) is 0 Å². The van der Waals surface area contributed by atoms with Crippen LogP contribution in [-0.2, 0) is 0 Å². The number of nitrogens with one attached hydrogen (secondary N) is 2. The third-order valence-corrected chi connectivity index (χ3v) is 2.97. The number of carbonyl (C=O) groups excluding carboxylic acids is 1. The fourth-order valence-corrected chi connectivity index (χ4v) is 1.95. The van der Waals surface area contributed by atoms with Crippen LogP contribution in [0.25, 0.3) is 0 Å². The van der Waals surface area contributed by atoms with Crippen molar-refractivity contribution in [2.24, 2.45) is 0 Å². The van der Waals surface area contributed by atoms with Gasteiger partial charge < -0.3 is 15.1 Å². The van der Waals surface area contributed by atoms with E-state index in [1.807, 2.05) is 51.1 Å². The van der Waals surface area contributed by atoms with Gasteiger partial charge in [0, 0.05) is 22.9 Å². The Hall–Kier alpha value is -2.23. The van der Waals surface area contributed by atoms with Gasteiger partial charge in [-0.1, -0.05) is 6.07 Å². The van der Waals surface area contributed by atoms with Gasteiger partial charge in [0.25, 0.3) is 5.91 Å². The summed E-state index contributed by atoms with van der Waals surface area (Å²) in [4.78, 5) is 12.0. The Morgan fingerprint density at radius 1 is 1.20 bits per heavy atom. The van der Waals surface area contributed by atoms with Crippen LogP contribution in [0.3, 0.4) is 0 Å². The van der Waals surface area contributed by atoms with E-state index in [9.17, 15) is 4.79 Å². The van der Waals surface area contributed by atoms with Gasteiger partial charge in [-0.15, -0.1) is 0 Å². The lowest BCUT2D eigenvalue weighted by Gasteiger charge is -2.15. The van der Waals surface area contributed by atoms with Crippen molar-refractivity contribution in [3.05, 3.63) is 54.0 Å². The van der Waals surface area contributed by atoms with Crippen molar-refractivity contribution in [2.75, 3.05) is 5.32 Å². The minimum absolute atomic E-state index is 0.0559. The third kappa shape index (κ3) is 3.63. The first-order valence-corrected chi connectivity index (χ1v) is 6.76. The molecule has 2 N–H and O–H groups in total. The molecule has 4 nitrogen and oxygen atoms in total. The zero-order chi connectivity index (χ0) is 14.5. The first kappa shape index (κ1) is 14.2. The Morgan fingerprint density at radius 3 is 2.65 bits per heavy atom. The summed E-state index contributed by atoms with van der Waals surface area (Å²) >= 11 is 0. The number of rotatable bonds is 5. The van der Waals surface area contributed by atoms with Gasteiger partial charge in [-0.3, -0.25) is 4.79 Å². The van der Waals surface area contributed by atoms with Gasteiger partial charge in [-0.25, -0.2) is 0 Å². The Kier molecular flexibility index (Phi) is 4.45. The standard InChI is InChI=1S/C16H20N2O2/c1-11(2)17-16(19)13-5-4-6-15(9-13)18-12(3)14-7-8-20-10-14/h4-12,18H,1-3H3,(H,17,19). The van der Waals surface area contributed by atoms with Crippen LogP contribution < -0.4 is 10.6 Å². The topological polar surface area (TPSA) is 54.3 Å². The molecule has 1 aromatic heterocycles. The molecule has 106 valence electrons. The average Bonchev–Trinajstić information content (AvgIpc) is 2.92.